The summed E-state index contributed by atoms with van der Waals surface area (Å²) in [5.41, 5.74) is 1.80. The Morgan fingerprint density at radius 3 is 2.58 bits per heavy atom. The molecule has 0 unspecified atom stereocenters. The Hall–Kier alpha value is -2.12. The molecule has 2 N–H and O–H groups in total. The number of primary sulfonamides is 1. The highest BCUT2D eigenvalue weighted by Gasteiger charge is 2.23. The monoisotopic (exact) mass is 348 g/mol. The van der Waals surface area contributed by atoms with Crippen LogP contribution in [0.5, 0.6) is 5.75 Å². The molecule has 1 aromatic heterocycles. The van der Waals surface area contributed by atoms with E-state index in [9.17, 15) is 13.2 Å². The standard InChI is InChI=1S/C17H20N2O4S/c1-11-7-13(9-19(2)17(11)20)15-8-14(24(18,21)22)5-6-16(15)23-10-12-3-4-12/h5-9,12H,3-4,10H2,1-2H3,(H2,18,21,22). The van der Waals surface area contributed by atoms with Gasteiger partial charge in [0.2, 0.25) is 10.0 Å². The van der Waals surface area contributed by atoms with Crippen LogP contribution in [0.15, 0.2) is 40.2 Å². The molecular formula is C17H20N2O4S. The van der Waals surface area contributed by atoms with Gasteiger partial charge in [-0.3, -0.25) is 4.79 Å². The lowest BCUT2D eigenvalue weighted by atomic mass is 10.0. The first kappa shape index (κ1) is 16.7. The SMILES string of the molecule is Cc1cc(-c2cc(S(N)(=O)=O)ccc2OCC2CC2)cn(C)c1=O. The Kier molecular flexibility index (Phi) is 4.23. The van der Waals surface area contributed by atoms with Gasteiger partial charge in [-0.05, 0) is 49.9 Å². The minimum atomic E-state index is -3.82. The highest BCUT2D eigenvalue weighted by molar-refractivity contribution is 7.89. The topological polar surface area (TPSA) is 91.4 Å². The highest BCUT2D eigenvalue weighted by Crippen LogP contribution is 2.35. The summed E-state index contributed by atoms with van der Waals surface area (Å²) in [7, 11) is -2.16. The zero-order valence-corrected chi connectivity index (χ0v) is 14.5. The van der Waals surface area contributed by atoms with Gasteiger partial charge in [0.25, 0.3) is 5.56 Å². The van der Waals surface area contributed by atoms with Crippen molar-refractivity contribution in [3.8, 4) is 16.9 Å². The van der Waals surface area contributed by atoms with Gasteiger partial charge in [-0.25, -0.2) is 13.6 Å². The minimum absolute atomic E-state index is 0.0165. The molecule has 128 valence electrons. The molecular weight excluding hydrogens is 328 g/mol. The fourth-order valence-corrected chi connectivity index (χ4v) is 3.09. The first-order valence-electron chi connectivity index (χ1n) is 7.73. The maximum Gasteiger partial charge on any atom is 0.253 e. The first-order chi connectivity index (χ1) is 11.3. The molecule has 3 rings (SSSR count). The van der Waals surface area contributed by atoms with Gasteiger partial charge in [-0.1, -0.05) is 0 Å². The number of pyridine rings is 1. The molecule has 6 nitrogen and oxygen atoms in total. The van der Waals surface area contributed by atoms with Crippen LogP contribution in [0.2, 0.25) is 0 Å². The Morgan fingerprint density at radius 1 is 1.29 bits per heavy atom. The van der Waals surface area contributed by atoms with Gasteiger partial charge < -0.3 is 9.30 Å². The minimum Gasteiger partial charge on any atom is -0.493 e. The predicted octanol–water partition coefficient (Wildman–Crippen LogP) is 1.80. The van der Waals surface area contributed by atoms with Crippen LogP contribution in [0.1, 0.15) is 18.4 Å². The first-order valence-corrected chi connectivity index (χ1v) is 9.27. The molecule has 0 bridgehead atoms. The smallest absolute Gasteiger partial charge is 0.253 e. The van der Waals surface area contributed by atoms with Crippen LogP contribution in [0.4, 0.5) is 0 Å². The summed E-state index contributed by atoms with van der Waals surface area (Å²) >= 11 is 0. The van der Waals surface area contributed by atoms with E-state index in [2.05, 4.69) is 0 Å². The van der Waals surface area contributed by atoms with Crippen molar-refractivity contribution < 1.29 is 13.2 Å². The molecule has 2 aromatic rings. The third-order valence-electron chi connectivity index (χ3n) is 4.12. The lowest BCUT2D eigenvalue weighted by molar-refractivity contribution is 0.301. The third-order valence-corrected chi connectivity index (χ3v) is 5.04. The number of rotatable bonds is 5. The Bertz CT molecular complexity index is 917. The molecule has 0 amide bonds. The van der Waals surface area contributed by atoms with E-state index in [1.807, 2.05) is 0 Å². The van der Waals surface area contributed by atoms with Crippen molar-refractivity contribution in [1.29, 1.82) is 0 Å². The van der Waals surface area contributed by atoms with E-state index < -0.39 is 10.0 Å². The Labute approximate surface area is 140 Å². The molecule has 0 aliphatic heterocycles. The molecule has 1 aliphatic rings. The molecule has 1 fully saturated rings. The van der Waals surface area contributed by atoms with Gasteiger partial charge in [0.1, 0.15) is 5.75 Å². The fourth-order valence-electron chi connectivity index (χ4n) is 2.55. The molecule has 1 heterocycles. The summed E-state index contributed by atoms with van der Waals surface area (Å²) in [5, 5.41) is 5.25. The van der Waals surface area contributed by atoms with Gasteiger partial charge in [-0.15, -0.1) is 0 Å². The van der Waals surface area contributed by atoms with Crippen molar-refractivity contribution in [1.82, 2.24) is 4.57 Å². The summed E-state index contributed by atoms with van der Waals surface area (Å²) in [6, 6.07) is 6.29. The van der Waals surface area contributed by atoms with E-state index >= 15 is 0 Å². The lowest BCUT2D eigenvalue weighted by Crippen LogP contribution is -2.18. The number of ether oxygens (including phenoxy) is 1. The van der Waals surface area contributed by atoms with Crippen LogP contribution in [0.25, 0.3) is 11.1 Å². The van der Waals surface area contributed by atoms with Gasteiger partial charge in [0, 0.05) is 29.9 Å². The number of aromatic nitrogens is 1. The molecule has 1 aromatic carbocycles. The van der Waals surface area contributed by atoms with Gasteiger partial charge in [0.15, 0.2) is 0 Å². The molecule has 0 radical (unpaired) electrons. The Morgan fingerprint density at radius 2 is 2.00 bits per heavy atom. The number of nitrogens with zero attached hydrogens (tertiary/aromatic N) is 1. The maximum absolute atomic E-state index is 11.9. The summed E-state index contributed by atoms with van der Waals surface area (Å²) in [4.78, 5) is 11.9. The number of hydrogen-bond acceptors (Lipinski definition) is 4. The zero-order chi connectivity index (χ0) is 17.5. The number of hydrogen-bond donors (Lipinski definition) is 1. The summed E-state index contributed by atoms with van der Waals surface area (Å²) < 4.78 is 30.7. The summed E-state index contributed by atoms with van der Waals surface area (Å²) in [5.74, 6) is 1.16. The average Bonchev–Trinajstić information content (AvgIpc) is 3.33. The van der Waals surface area contributed by atoms with Crippen LogP contribution < -0.4 is 15.4 Å². The second-order valence-corrected chi connectivity index (χ2v) is 7.85. The number of benzene rings is 1. The molecule has 1 saturated carbocycles. The van der Waals surface area contributed by atoms with E-state index in [1.165, 1.54) is 16.7 Å². The zero-order valence-electron chi connectivity index (χ0n) is 13.7. The normalized spacial score (nSPS) is 14.6. The van der Waals surface area contributed by atoms with Crippen LogP contribution in [0, 0.1) is 12.8 Å². The predicted molar refractivity (Wildman–Crippen MR) is 91.4 cm³/mol. The van der Waals surface area contributed by atoms with Crippen molar-refractivity contribution in [3.63, 3.8) is 0 Å². The van der Waals surface area contributed by atoms with Crippen LogP contribution >= 0.6 is 0 Å². The van der Waals surface area contributed by atoms with E-state index in [1.54, 1.807) is 32.3 Å². The van der Waals surface area contributed by atoms with Crippen molar-refractivity contribution in [3.05, 3.63) is 46.4 Å². The molecule has 0 atom stereocenters. The quantitative estimate of drug-likeness (QED) is 0.892. The Balaban J connectivity index is 2.12. The highest BCUT2D eigenvalue weighted by atomic mass is 32.2. The number of sulfonamides is 1. The van der Waals surface area contributed by atoms with Crippen molar-refractivity contribution in [2.75, 3.05) is 6.61 Å². The second-order valence-electron chi connectivity index (χ2n) is 6.29. The van der Waals surface area contributed by atoms with E-state index in [-0.39, 0.29) is 10.5 Å². The third kappa shape index (κ3) is 3.52. The van der Waals surface area contributed by atoms with Crippen LogP contribution in [-0.4, -0.2) is 19.6 Å². The average molecular weight is 348 g/mol. The van der Waals surface area contributed by atoms with Crippen molar-refractivity contribution in [2.24, 2.45) is 18.1 Å². The van der Waals surface area contributed by atoms with Crippen LogP contribution in [0.3, 0.4) is 0 Å². The molecule has 7 heteroatoms. The molecule has 0 spiro atoms. The second kappa shape index (κ2) is 6.07. The largest absolute Gasteiger partial charge is 0.493 e. The van der Waals surface area contributed by atoms with Crippen molar-refractivity contribution >= 4 is 10.0 Å². The van der Waals surface area contributed by atoms with Gasteiger partial charge in [-0.2, -0.15) is 0 Å². The van der Waals surface area contributed by atoms with Gasteiger partial charge in [0.05, 0.1) is 11.5 Å². The lowest BCUT2D eigenvalue weighted by Gasteiger charge is -2.14. The van der Waals surface area contributed by atoms with Gasteiger partial charge >= 0.3 is 0 Å². The van der Waals surface area contributed by atoms with E-state index in [4.69, 9.17) is 9.88 Å². The number of nitrogens with two attached hydrogens (primary N) is 1. The molecule has 1 aliphatic carbocycles. The maximum atomic E-state index is 11.9. The number of aryl methyl sites for hydroxylation is 2. The van der Waals surface area contributed by atoms with Crippen molar-refractivity contribution in [2.45, 2.75) is 24.7 Å². The molecule has 0 saturated heterocycles. The van der Waals surface area contributed by atoms with E-state index in [0.717, 1.165) is 12.8 Å². The summed E-state index contributed by atoms with van der Waals surface area (Å²) in [6.07, 6.45) is 3.98. The van der Waals surface area contributed by atoms with E-state index in [0.29, 0.717) is 35.0 Å². The van der Waals surface area contributed by atoms with Crippen LogP contribution in [-0.2, 0) is 17.1 Å². The fraction of sp³-hybridized carbons (Fsp3) is 0.353. The summed E-state index contributed by atoms with van der Waals surface area (Å²) in [6.45, 7) is 2.33. The molecule has 24 heavy (non-hydrogen) atoms.